The van der Waals surface area contributed by atoms with Crippen LogP contribution in [0.3, 0.4) is 0 Å². The Morgan fingerprint density at radius 1 is 1.14 bits per heavy atom. The zero-order valence-electron chi connectivity index (χ0n) is 13.2. The van der Waals surface area contributed by atoms with E-state index in [0.29, 0.717) is 6.61 Å². The minimum atomic E-state index is -0.326. The number of benzene rings is 2. The predicted molar refractivity (Wildman–Crippen MR) is 90.5 cm³/mol. The molecule has 116 valence electrons. The number of carbonyl (C=O) groups is 1. The first-order valence-corrected chi connectivity index (χ1v) is 7.45. The van der Waals surface area contributed by atoms with Crippen molar-refractivity contribution >= 4 is 17.3 Å². The SMILES string of the molecule is CCOc1ccc(NC(=O)C(C)Nc2cccc(C)c2)cc1. The van der Waals surface area contributed by atoms with Crippen LogP contribution in [0.4, 0.5) is 11.4 Å². The highest BCUT2D eigenvalue weighted by Crippen LogP contribution is 2.16. The van der Waals surface area contributed by atoms with E-state index in [1.807, 2.05) is 69.3 Å². The summed E-state index contributed by atoms with van der Waals surface area (Å²) in [6.07, 6.45) is 0. The van der Waals surface area contributed by atoms with Gasteiger partial charge in [-0.3, -0.25) is 4.79 Å². The summed E-state index contributed by atoms with van der Waals surface area (Å²) in [7, 11) is 0. The molecule has 4 heteroatoms. The van der Waals surface area contributed by atoms with Crippen molar-refractivity contribution in [3.8, 4) is 5.75 Å². The van der Waals surface area contributed by atoms with Gasteiger partial charge in [0.1, 0.15) is 11.8 Å². The van der Waals surface area contributed by atoms with Gasteiger partial charge in [-0.1, -0.05) is 12.1 Å². The minimum Gasteiger partial charge on any atom is -0.494 e. The molecule has 0 aliphatic heterocycles. The molecule has 2 aromatic rings. The molecule has 0 saturated carbocycles. The first-order valence-electron chi connectivity index (χ1n) is 7.45. The lowest BCUT2D eigenvalue weighted by Gasteiger charge is -2.16. The van der Waals surface area contributed by atoms with Gasteiger partial charge in [-0.15, -0.1) is 0 Å². The molecule has 2 rings (SSSR count). The van der Waals surface area contributed by atoms with E-state index in [2.05, 4.69) is 10.6 Å². The number of anilines is 2. The molecule has 1 unspecified atom stereocenters. The number of carbonyl (C=O) groups excluding carboxylic acids is 1. The summed E-state index contributed by atoms with van der Waals surface area (Å²) in [5.74, 6) is 0.720. The van der Waals surface area contributed by atoms with Gasteiger partial charge < -0.3 is 15.4 Å². The number of amides is 1. The van der Waals surface area contributed by atoms with Crippen LogP contribution in [0.5, 0.6) is 5.75 Å². The minimum absolute atomic E-state index is 0.0781. The Hall–Kier alpha value is -2.49. The third kappa shape index (κ3) is 4.52. The lowest BCUT2D eigenvalue weighted by Crippen LogP contribution is -2.31. The van der Waals surface area contributed by atoms with Gasteiger partial charge in [-0.2, -0.15) is 0 Å². The Labute approximate surface area is 131 Å². The predicted octanol–water partition coefficient (Wildman–Crippen LogP) is 3.83. The topological polar surface area (TPSA) is 50.4 Å². The monoisotopic (exact) mass is 298 g/mol. The maximum absolute atomic E-state index is 12.2. The van der Waals surface area contributed by atoms with Crippen LogP contribution in [0.15, 0.2) is 48.5 Å². The Kier molecular flexibility index (Phi) is 5.42. The van der Waals surface area contributed by atoms with Gasteiger partial charge >= 0.3 is 0 Å². The quantitative estimate of drug-likeness (QED) is 0.852. The standard InChI is InChI=1S/C18H22N2O2/c1-4-22-17-10-8-15(9-11-17)20-18(21)14(3)19-16-7-5-6-13(2)12-16/h5-12,14,19H,4H2,1-3H3,(H,20,21). The van der Waals surface area contributed by atoms with Crippen molar-refractivity contribution in [1.82, 2.24) is 0 Å². The summed E-state index contributed by atoms with van der Waals surface area (Å²) in [4.78, 5) is 12.2. The van der Waals surface area contributed by atoms with Crippen molar-refractivity contribution in [2.45, 2.75) is 26.8 Å². The zero-order valence-corrected chi connectivity index (χ0v) is 13.2. The van der Waals surface area contributed by atoms with Crippen LogP contribution < -0.4 is 15.4 Å². The third-order valence-electron chi connectivity index (χ3n) is 3.23. The number of hydrogen-bond donors (Lipinski definition) is 2. The maximum Gasteiger partial charge on any atom is 0.246 e. The van der Waals surface area contributed by atoms with E-state index < -0.39 is 0 Å². The highest BCUT2D eigenvalue weighted by molar-refractivity contribution is 5.96. The van der Waals surface area contributed by atoms with Gasteiger partial charge in [0.25, 0.3) is 0 Å². The molecule has 2 N–H and O–H groups in total. The Morgan fingerprint density at radius 3 is 2.50 bits per heavy atom. The zero-order chi connectivity index (χ0) is 15.9. The normalized spacial score (nSPS) is 11.6. The molecule has 1 amide bonds. The average molecular weight is 298 g/mol. The second kappa shape index (κ2) is 7.50. The lowest BCUT2D eigenvalue weighted by atomic mass is 10.2. The molecular weight excluding hydrogens is 276 g/mol. The molecule has 22 heavy (non-hydrogen) atoms. The van der Waals surface area contributed by atoms with Gasteiger partial charge in [0.2, 0.25) is 5.91 Å². The molecule has 0 heterocycles. The molecular formula is C18H22N2O2. The number of rotatable bonds is 6. The molecule has 0 spiro atoms. The lowest BCUT2D eigenvalue weighted by molar-refractivity contribution is -0.116. The van der Waals surface area contributed by atoms with Crippen LogP contribution in [-0.4, -0.2) is 18.6 Å². The van der Waals surface area contributed by atoms with E-state index >= 15 is 0 Å². The molecule has 0 radical (unpaired) electrons. The number of ether oxygens (including phenoxy) is 1. The molecule has 0 aliphatic rings. The fourth-order valence-electron chi connectivity index (χ4n) is 2.10. The second-order valence-corrected chi connectivity index (χ2v) is 5.18. The maximum atomic E-state index is 12.2. The average Bonchev–Trinajstić information content (AvgIpc) is 2.49. The van der Waals surface area contributed by atoms with E-state index in [0.717, 1.165) is 22.7 Å². The van der Waals surface area contributed by atoms with Crippen LogP contribution >= 0.6 is 0 Å². The Bertz CT molecular complexity index is 623. The summed E-state index contributed by atoms with van der Waals surface area (Å²) in [6, 6.07) is 15.0. The van der Waals surface area contributed by atoms with Crippen molar-refractivity contribution in [3.05, 3.63) is 54.1 Å². The van der Waals surface area contributed by atoms with E-state index in [-0.39, 0.29) is 11.9 Å². The largest absolute Gasteiger partial charge is 0.494 e. The van der Waals surface area contributed by atoms with Gasteiger partial charge in [0.05, 0.1) is 6.61 Å². The van der Waals surface area contributed by atoms with E-state index in [1.165, 1.54) is 0 Å². The highest BCUT2D eigenvalue weighted by Gasteiger charge is 2.12. The van der Waals surface area contributed by atoms with E-state index in [1.54, 1.807) is 0 Å². The summed E-state index contributed by atoms with van der Waals surface area (Å²) >= 11 is 0. The summed E-state index contributed by atoms with van der Waals surface area (Å²) in [5.41, 5.74) is 2.85. The van der Waals surface area contributed by atoms with Gasteiger partial charge in [0, 0.05) is 11.4 Å². The molecule has 2 aromatic carbocycles. The van der Waals surface area contributed by atoms with Crippen molar-refractivity contribution in [1.29, 1.82) is 0 Å². The summed E-state index contributed by atoms with van der Waals surface area (Å²) in [5, 5.41) is 6.09. The molecule has 4 nitrogen and oxygen atoms in total. The highest BCUT2D eigenvalue weighted by atomic mass is 16.5. The summed E-state index contributed by atoms with van der Waals surface area (Å²) in [6.45, 7) is 6.43. The molecule has 0 fully saturated rings. The van der Waals surface area contributed by atoms with Crippen molar-refractivity contribution < 1.29 is 9.53 Å². The van der Waals surface area contributed by atoms with Gasteiger partial charge in [-0.05, 0) is 62.7 Å². The van der Waals surface area contributed by atoms with Gasteiger partial charge in [-0.25, -0.2) is 0 Å². The fourth-order valence-corrected chi connectivity index (χ4v) is 2.10. The van der Waals surface area contributed by atoms with Crippen molar-refractivity contribution in [3.63, 3.8) is 0 Å². The molecule has 0 aliphatic carbocycles. The Balaban J connectivity index is 1.93. The van der Waals surface area contributed by atoms with Crippen LogP contribution in [0.1, 0.15) is 19.4 Å². The first-order chi connectivity index (χ1) is 10.6. The van der Waals surface area contributed by atoms with Crippen LogP contribution in [0, 0.1) is 6.92 Å². The number of hydrogen-bond acceptors (Lipinski definition) is 3. The Morgan fingerprint density at radius 2 is 1.86 bits per heavy atom. The van der Waals surface area contributed by atoms with Crippen molar-refractivity contribution in [2.24, 2.45) is 0 Å². The number of aryl methyl sites for hydroxylation is 1. The van der Waals surface area contributed by atoms with Crippen LogP contribution in [0.2, 0.25) is 0 Å². The van der Waals surface area contributed by atoms with Crippen LogP contribution in [0.25, 0.3) is 0 Å². The van der Waals surface area contributed by atoms with Crippen LogP contribution in [-0.2, 0) is 4.79 Å². The summed E-state index contributed by atoms with van der Waals surface area (Å²) < 4.78 is 5.38. The van der Waals surface area contributed by atoms with Crippen molar-refractivity contribution in [2.75, 3.05) is 17.2 Å². The first kappa shape index (κ1) is 15.9. The smallest absolute Gasteiger partial charge is 0.246 e. The van der Waals surface area contributed by atoms with E-state index in [9.17, 15) is 4.79 Å². The second-order valence-electron chi connectivity index (χ2n) is 5.18. The third-order valence-corrected chi connectivity index (χ3v) is 3.23. The number of nitrogens with one attached hydrogen (secondary N) is 2. The van der Waals surface area contributed by atoms with E-state index in [4.69, 9.17) is 4.74 Å². The molecule has 0 bridgehead atoms. The fraction of sp³-hybridized carbons (Fsp3) is 0.278. The molecule has 0 aromatic heterocycles. The molecule has 1 atom stereocenters. The van der Waals surface area contributed by atoms with Gasteiger partial charge in [0.15, 0.2) is 0 Å². The molecule has 0 saturated heterocycles.